The Labute approximate surface area is 205 Å². The van der Waals surface area contributed by atoms with Crippen LogP contribution in [-0.2, 0) is 11.3 Å². The molecule has 0 N–H and O–H groups in total. The molecule has 0 aliphatic carbocycles. The van der Waals surface area contributed by atoms with Crippen LogP contribution in [0.5, 0.6) is 5.75 Å². The molecule has 6 heteroatoms. The maximum absolute atomic E-state index is 13.7. The van der Waals surface area contributed by atoms with Gasteiger partial charge in [0.2, 0.25) is 5.91 Å². The lowest BCUT2D eigenvalue weighted by atomic mass is 9.84. The molecule has 0 saturated carbocycles. The second-order valence-electron chi connectivity index (χ2n) is 8.58. The van der Waals surface area contributed by atoms with Gasteiger partial charge in [0.05, 0.1) is 13.0 Å². The van der Waals surface area contributed by atoms with Crippen molar-refractivity contribution in [2.75, 3.05) is 18.6 Å². The molecule has 0 radical (unpaired) electrons. The van der Waals surface area contributed by atoms with Gasteiger partial charge in [-0.3, -0.25) is 9.59 Å². The number of rotatable bonds is 6. The normalized spacial score (nSPS) is 17.1. The molecule has 0 unspecified atom stereocenters. The van der Waals surface area contributed by atoms with Crippen molar-refractivity contribution in [1.82, 2.24) is 4.90 Å². The number of likely N-dealkylation sites (N-methyl/N-ethyl adjacent to an activating group) is 1. The number of ether oxygens (including phenoxy) is 1. The third-order valence-electron chi connectivity index (χ3n) is 6.42. The van der Waals surface area contributed by atoms with Crippen LogP contribution in [0, 0.1) is 0 Å². The minimum absolute atomic E-state index is 0.0771. The molecule has 3 aromatic carbocycles. The number of nitrogens with zero attached hydrogens (tertiary/aromatic N) is 2. The first-order valence-corrected chi connectivity index (χ1v) is 11.9. The third kappa shape index (κ3) is 4.80. The van der Waals surface area contributed by atoms with Crippen LogP contribution >= 0.6 is 11.6 Å². The van der Waals surface area contributed by atoms with Gasteiger partial charge in [-0.15, -0.1) is 0 Å². The number of hydrogen-bond acceptors (Lipinski definition) is 3. The average molecular weight is 477 g/mol. The van der Waals surface area contributed by atoms with Crippen molar-refractivity contribution in [3.8, 4) is 5.75 Å². The number of anilines is 1. The Kier molecular flexibility index (Phi) is 7.23. The number of fused-ring (bicyclic) bond motifs is 1. The summed E-state index contributed by atoms with van der Waals surface area (Å²) in [6.07, 6.45) is 0.564. The van der Waals surface area contributed by atoms with Gasteiger partial charge in [0, 0.05) is 35.4 Å². The van der Waals surface area contributed by atoms with Gasteiger partial charge in [-0.25, -0.2) is 0 Å². The molecule has 34 heavy (non-hydrogen) atoms. The van der Waals surface area contributed by atoms with Crippen molar-refractivity contribution in [3.63, 3.8) is 0 Å². The molecule has 2 amide bonds. The van der Waals surface area contributed by atoms with E-state index in [4.69, 9.17) is 16.3 Å². The second kappa shape index (κ2) is 10.3. The zero-order valence-corrected chi connectivity index (χ0v) is 20.5. The molecule has 0 spiro atoms. The summed E-state index contributed by atoms with van der Waals surface area (Å²) >= 11 is 6.02. The van der Waals surface area contributed by atoms with E-state index < -0.39 is 0 Å². The van der Waals surface area contributed by atoms with E-state index in [1.165, 1.54) is 0 Å². The second-order valence-corrected chi connectivity index (χ2v) is 9.02. The van der Waals surface area contributed by atoms with Crippen molar-refractivity contribution in [1.29, 1.82) is 0 Å². The molecule has 176 valence electrons. The Morgan fingerprint density at radius 3 is 2.35 bits per heavy atom. The predicted molar refractivity (Wildman–Crippen MR) is 136 cm³/mol. The average Bonchev–Trinajstić information content (AvgIpc) is 2.87. The zero-order valence-electron chi connectivity index (χ0n) is 19.7. The Bertz CT molecular complexity index is 1160. The monoisotopic (exact) mass is 476 g/mol. The highest BCUT2D eigenvalue weighted by molar-refractivity contribution is 6.30. The lowest BCUT2D eigenvalue weighted by molar-refractivity contribution is -0.133. The van der Waals surface area contributed by atoms with Crippen LogP contribution in [0.4, 0.5) is 5.69 Å². The summed E-state index contributed by atoms with van der Waals surface area (Å²) in [5, 5.41) is 0.676. The lowest BCUT2D eigenvalue weighted by Gasteiger charge is -2.40. The minimum Gasteiger partial charge on any atom is -0.497 e. The van der Waals surface area contributed by atoms with Crippen molar-refractivity contribution in [2.45, 2.75) is 38.8 Å². The van der Waals surface area contributed by atoms with E-state index >= 15 is 0 Å². The first-order valence-electron chi connectivity index (χ1n) is 11.5. The summed E-state index contributed by atoms with van der Waals surface area (Å²) in [5.74, 6) is 0.392. The maximum Gasteiger partial charge on any atom is 0.258 e. The lowest BCUT2D eigenvalue weighted by Crippen LogP contribution is -2.46. The molecular weight excluding hydrogens is 448 g/mol. The summed E-state index contributed by atoms with van der Waals surface area (Å²) in [4.78, 5) is 30.9. The summed E-state index contributed by atoms with van der Waals surface area (Å²) in [5.41, 5.74) is 3.31. The van der Waals surface area contributed by atoms with Gasteiger partial charge in [-0.05, 0) is 73.9 Å². The molecule has 1 aliphatic rings. The van der Waals surface area contributed by atoms with Crippen LogP contribution < -0.4 is 9.64 Å². The molecule has 4 rings (SSSR count). The molecule has 0 saturated heterocycles. The summed E-state index contributed by atoms with van der Waals surface area (Å²) < 4.78 is 5.22. The fourth-order valence-electron chi connectivity index (χ4n) is 4.60. The largest absolute Gasteiger partial charge is 0.497 e. The van der Waals surface area contributed by atoms with Gasteiger partial charge < -0.3 is 14.5 Å². The Balaban J connectivity index is 1.62. The molecule has 0 aromatic heterocycles. The van der Waals surface area contributed by atoms with Gasteiger partial charge in [0.25, 0.3) is 5.91 Å². The summed E-state index contributed by atoms with van der Waals surface area (Å²) in [6.45, 7) is 5.12. The van der Waals surface area contributed by atoms with E-state index in [-0.39, 0.29) is 23.8 Å². The topological polar surface area (TPSA) is 49.9 Å². The molecule has 1 heterocycles. The first-order chi connectivity index (χ1) is 16.4. The number of amides is 2. The van der Waals surface area contributed by atoms with Gasteiger partial charge in [0.1, 0.15) is 5.75 Å². The van der Waals surface area contributed by atoms with E-state index in [1.54, 1.807) is 31.4 Å². The van der Waals surface area contributed by atoms with Gasteiger partial charge in [-0.1, -0.05) is 41.9 Å². The highest BCUT2D eigenvalue weighted by atomic mass is 35.5. The number of hydrogen-bond donors (Lipinski definition) is 0. The van der Waals surface area contributed by atoms with Crippen molar-refractivity contribution < 1.29 is 14.3 Å². The Hall–Kier alpha value is -3.31. The van der Waals surface area contributed by atoms with Crippen molar-refractivity contribution in [2.24, 2.45) is 0 Å². The van der Waals surface area contributed by atoms with E-state index in [2.05, 4.69) is 0 Å². The number of benzene rings is 3. The highest BCUT2D eigenvalue weighted by Gasteiger charge is 2.38. The standard InChI is InChI=1S/C28H29ClN2O3/c1-4-30(18-20-9-13-22(29)14-10-20)28(33)25-17-19(2)31(26-8-6-5-7-24(25)26)27(32)21-11-15-23(34-3)16-12-21/h5-16,19,25H,4,17-18H2,1-3H3/t19-,25-/m0/s1. The Morgan fingerprint density at radius 1 is 1.03 bits per heavy atom. The van der Waals surface area contributed by atoms with Crippen LogP contribution in [-0.4, -0.2) is 36.4 Å². The summed E-state index contributed by atoms with van der Waals surface area (Å²) in [7, 11) is 1.60. The fraction of sp³-hybridized carbons (Fsp3) is 0.286. The number of carbonyl (C=O) groups is 2. The van der Waals surface area contributed by atoms with Crippen molar-refractivity contribution >= 4 is 29.1 Å². The van der Waals surface area contributed by atoms with Crippen LogP contribution in [0.25, 0.3) is 0 Å². The minimum atomic E-state index is -0.307. The number of carbonyl (C=O) groups excluding carboxylic acids is 2. The summed E-state index contributed by atoms with van der Waals surface area (Å²) in [6, 6.07) is 22.3. The molecule has 0 fully saturated rings. The molecule has 5 nitrogen and oxygen atoms in total. The highest BCUT2D eigenvalue weighted by Crippen LogP contribution is 2.40. The van der Waals surface area contributed by atoms with Crippen LogP contribution in [0.2, 0.25) is 5.02 Å². The van der Waals surface area contributed by atoms with Crippen LogP contribution in [0.1, 0.15) is 47.7 Å². The quantitative estimate of drug-likeness (QED) is 0.443. The van der Waals surface area contributed by atoms with E-state index in [0.29, 0.717) is 35.8 Å². The maximum atomic E-state index is 13.7. The van der Waals surface area contributed by atoms with Gasteiger partial charge in [0.15, 0.2) is 0 Å². The SMILES string of the molecule is CCN(Cc1ccc(Cl)cc1)C(=O)[C@H]1C[C@H](C)N(C(=O)c2ccc(OC)cc2)c2ccccc21. The fourth-order valence-corrected chi connectivity index (χ4v) is 4.73. The number of methoxy groups -OCH3 is 1. The van der Waals surface area contributed by atoms with E-state index in [9.17, 15) is 9.59 Å². The van der Waals surface area contributed by atoms with E-state index in [1.807, 2.05) is 72.2 Å². The molecule has 0 bridgehead atoms. The van der Waals surface area contributed by atoms with Gasteiger partial charge in [-0.2, -0.15) is 0 Å². The smallest absolute Gasteiger partial charge is 0.258 e. The number of halogens is 1. The molecule has 3 aromatic rings. The first kappa shape index (κ1) is 23.8. The molecule has 2 atom stereocenters. The predicted octanol–water partition coefficient (Wildman–Crippen LogP) is 5.92. The Morgan fingerprint density at radius 2 is 1.71 bits per heavy atom. The van der Waals surface area contributed by atoms with Crippen molar-refractivity contribution in [3.05, 3.63) is 94.5 Å². The van der Waals surface area contributed by atoms with Crippen LogP contribution in [0.15, 0.2) is 72.8 Å². The van der Waals surface area contributed by atoms with E-state index in [0.717, 1.165) is 16.8 Å². The van der Waals surface area contributed by atoms with Crippen LogP contribution in [0.3, 0.4) is 0 Å². The number of para-hydroxylation sites is 1. The van der Waals surface area contributed by atoms with Gasteiger partial charge >= 0.3 is 0 Å². The molecular formula is C28H29ClN2O3. The third-order valence-corrected chi connectivity index (χ3v) is 6.68. The zero-order chi connectivity index (χ0) is 24.2. The molecule has 1 aliphatic heterocycles.